The summed E-state index contributed by atoms with van der Waals surface area (Å²) in [5.74, 6) is 2.03. The summed E-state index contributed by atoms with van der Waals surface area (Å²) in [5, 5.41) is 2.95. The molecule has 146 valence electrons. The molecule has 0 aliphatic carbocycles. The van der Waals surface area contributed by atoms with E-state index in [1.807, 2.05) is 50.2 Å². The van der Waals surface area contributed by atoms with Gasteiger partial charge in [-0.15, -0.1) is 0 Å². The van der Waals surface area contributed by atoms with Crippen LogP contribution >= 0.6 is 0 Å². The lowest BCUT2D eigenvalue weighted by Crippen LogP contribution is -2.37. The fraction of sp³-hybridized carbons (Fsp3) is 0.381. The van der Waals surface area contributed by atoms with E-state index in [9.17, 15) is 4.79 Å². The zero-order valence-electron chi connectivity index (χ0n) is 16.7. The molecule has 6 nitrogen and oxygen atoms in total. The Kier molecular flexibility index (Phi) is 6.93. The highest BCUT2D eigenvalue weighted by atomic mass is 16.5. The molecule has 0 saturated heterocycles. The highest BCUT2D eigenvalue weighted by molar-refractivity contribution is 5.81. The number of rotatable bonds is 8. The summed E-state index contributed by atoms with van der Waals surface area (Å²) in [7, 11) is 4.67. The quantitative estimate of drug-likeness (QED) is 0.765. The van der Waals surface area contributed by atoms with Gasteiger partial charge in [-0.1, -0.05) is 17.7 Å². The second kappa shape index (κ2) is 9.16. The molecule has 2 atom stereocenters. The lowest BCUT2D eigenvalue weighted by atomic mass is 10.1. The van der Waals surface area contributed by atoms with E-state index < -0.39 is 6.10 Å². The third-order valence-corrected chi connectivity index (χ3v) is 4.25. The predicted molar refractivity (Wildman–Crippen MR) is 104 cm³/mol. The molecular formula is C21H27NO5. The van der Waals surface area contributed by atoms with Gasteiger partial charge in [0.25, 0.3) is 5.91 Å². The molecule has 2 aromatic rings. The first-order valence-electron chi connectivity index (χ1n) is 8.73. The average molecular weight is 373 g/mol. The molecule has 6 heteroatoms. The highest BCUT2D eigenvalue weighted by Crippen LogP contribution is 2.39. The SMILES string of the molecule is COc1cc(C(C)NC(=O)C(C)Oc2ccc(C)cc2)cc(OC)c1OC. The van der Waals surface area contributed by atoms with Gasteiger partial charge < -0.3 is 24.3 Å². The normalized spacial score (nSPS) is 12.7. The number of methoxy groups -OCH3 is 3. The number of aryl methyl sites for hydroxylation is 1. The Bertz CT molecular complexity index is 748. The van der Waals surface area contributed by atoms with Gasteiger partial charge >= 0.3 is 0 Å². The monoisotopic (exact) mass is 373 g/mol. The zero-order valence-corrected chi connectivity index (χ0v) is 16.7. The molecule has 2 rings (SSSR count). The Morgan fingerprint density at radius 1 is 0.926 bits per heavy atom. The average Bonchev–Trinajstić information content (AvgIpc) is 2.68. The van der Waals surface area contributed by atoms with Crippen molar-refractivity contribution >= 4 is 5.91 Å². The number of amides is 1. The van der Waals surface area contributed by atoms with Crippen molar-refractivity contribution in [2.75, 3.05) is 21.3 Å². The molecule has 2 aromatic carbocycles. The zero-order chi connectivity index (χ0) is 20.0. The molecule has 0 aliphatic heterocycles. The summed E-state index contributed by atoms with van der Waals surface area (Å²) < 4.78 is 21.8. The molecule has 27 heavy (non-hydrogen) atoms. The van der Waals surface area contributed by atoms with Crippen LogP contribution in [0.4, 0.5) is 0 Å². The largest absolute Gasteiger partial charge is 0.493 e. The summed E-state index contributed by atoms with van der Waals surface area (Å²) >= 11 is 0. The van der Waals surface area contributed by atoms with E-state index in [2.05, 4.69) is 5.32 Å². The van der Waals surface area contributed by atoms with Gasteiger partial charge in [0.15, 0.2) is 17.6 Å². The van der Waals surface area contributed by atoms with Crippen LogP contribution in [0.2, 0.25) is 0 Å². The van der Waals surface area contributed by atoms with E-state index in [0.717, 1.165) is 11.1 Å². The van der Waals surface area contributed by atoms with Crippen molar-refractivity contribution in [2.45, 2.75) is 32.9 Å². The minimum absolute atomic E-state index is 0.211. The van der Waals surface area contributed by atoms with Crippen LogP contribution in [0, 0.1) is 6.92 Å². The minimum Gasteiger partial charge on any atom is -0.493 e. The maximum atomic E-state index is 12.5. The van der Waals surface area contributed by atoms with Gasteiger partial charge in [0.05, 0.1) is 27.4 Å². The second-order valence-corrected chi connectivity index (χ2v) is 6.26. The Balaban J connectivity index is 2.10. The standard InChI is InChI=1S/C21H27NO5/c1-13-7-9-17(10-8-13)27-15(3)21(23)22-14(2)16-11-18(24-4)20(26-6)19(12-16)25-5/h7-12,14-15H,1-6H3,(H,22,23). The molecule has 2 unspecified atom stereocenters. The van der Waals surface area contributed by atoms with Crippen LogP contribution in [0.15, 0.2) is 36.4 Å². The van der Waals surface area contributed by atoms with E-state index in [4.69, 9.17) is 18.9 Å². The van der Waals surface area contributed by atoms with E-state index in [1.54, 1.807) is 28.3 Å². The molecule has 0 spiro atoms. The summed E-state index contributed by atoms with van der Waals surface area (Å²) in [5.41, 5.74) is 1.97. The molecule has 0 fully saturated rings. The van der Waals surface area contributed by atoms with Gasteiger partial charge in [-0.05, 0) is 50.6 Å². The smallest absolute Gasteiger partial charge is 0.261 e. The second-order valence-electron chi connectivity index (χ2n) is 6.26. The van der Waals surface area contributed by atoms with Crippen LogP contribution in [-0.2, 0) is 4.79 Å². The number of hydrogen-bond acceptors (Lipinski definition) is 5. The van der Waals surface area contributed by atoms with Crippen molar-refractivity contribution in [1.29, 1.82) is 0 Å². The van der Waals surface area contributed by atoms with Crippen molar-refractivity contribution in [3.05, 3.63) is 47.5 Å². The van der Waals surface area contributed by atoms with Gasteiger partial charge in [-0.25, -0.2) is 0 Å². The van der Waals surface area contributed by atoms with Gasteiger partial charge in [0.2, 0.25) is 5.75 Å². The van der Waals surface area contributed by atoms with Crippen molar-refractivity contribution in [2.24, 2.45) is 0 Å². The summed E-state index contributed by atoms with van der Waals surface area (Å²) in [4.78, 5) is 12.5. The topological polar surface area (TPSA) is 66.0 Å². The highest BCUT2D eigenvalue weighted by Gasteiger charge is 2.21. The maximum Gasteiger partial charge on any atom is 0.261 e. The fourth-order valence-corrected chi connectivity index (χ4v) is 2.64. The molecule has 0 aromatic heterocycles. The van der Waals surface area contributed by atoms with Gasteiger partial charge in [0, 0.05) is 0 Å². The summed E-state index contributed by atoms with van der Waals surface area (Å²) in [6.45, 7) is 5.60. The van der Waals surface area contributed by atoms with Crippen LogP contribution in [0.1, 0.15) is 31.0 Å². The Hall–Kier alpha value is -2.89. The molecule has 0 bridgehead atoms. The van der Waals surface area contributed by atoms with E-state index in [0.29, 0.717) is 23.0 Å². The van der Waals surface area contributed by atoms with Crippen LogP contribution in [0.25, 0.3) is 0 Å². The van der Waals surface area contributed by atoms with E-state index in [-0.39, 0.29) is 11.9 Å². The maximum absolute atomic E-state index is 12.5. The molecule has 0 aliphatic rings. The predicted octanol–water partition coefficient (Wildman–Crippen LogP) is 3.67. The number of carbonyl (C=O) groups is 1. The lowest BCUT2D eigenvalue weighted by Gasteiger charge is -2.21. The van der Waals surface area contributed by atoms with Gasteiger partial charge in [0.1, 0.15) is 5.75 Å². The summed E-state index contributed by atoms with van der Waals surface area (Å²) in [6, 6.07) is 11.0. The van der Waals surface area contributed by atoms with Gasteiger partial charge in [-0.2, -0.15) is 0 Å². The lowest BCUT2D eigenvalue weighted by molar-refractivity contribution is -0.127. The molecule has 1 N–H and O–H groups in total. The van der Waals surface area contributed by atoms with Crippen molar-refractivity contribution in [3.63, 3.8) is 0 Å². The Morgan fingerprint density at radius 3 is 1.96 bits per heavy atom. The Morgan fingerprint density at radius 2 is 1.48 bits per heavy atom. The molecule has 0 radical (unpaired) electrons. The van der Waals surface area contributed by atoms with E-state index >= 15 is 0 Å². The molecule has 0 saturated carbocycles. The molecule has 1 amide bonds. The number of nitrogens with one attached hydrogen (secondary N) is 1. The van der Waals surface area contributed by atoms with Crippen LogP contribution in [-0.4, -0.2) is 33.3 Å². The van der Waals surface area contributed by atoms with Gasteiger partial charge in [-0.3, -0.25) is 4.79 Å². The van der Waals surface area contributed by atoms with E-state index in [1.165, 1.54) is 0 Å². The molecular weight excluding hydrogens is 346 g/mol. The summed E-state index contributed by atoms with van der Waals surface area (Å²) in [6.07, 6.45) is -0.628. The number of benzene rings is 2. The number of carbonyl (C=O) groups excluding carboxylic acids is 1. The minimum atomic E-state index is -0.628. The first-order chi connectivity index (χ1) is 12.9. The van der Waals surface area contributed by atoms with Crippen LogP contribution in [0.5, 0.6) is 23.0 Å². The third-order valence-electron chi connectivity index (χ3n) is 4.25. The number of hydrogen-bond donors (Lipinski definition) is 1. The van der Waals surface area contributed by atoms with Crippen molar-refractivity contribution in [3.8, 4) is 23.0 Å². The van der Waals surface area contributed by atoms with Crippen LogP contribution in [0.3, 0.4) is 0 Å². The first kappa shape index (κ1) is 20.4. The fourth-order valence-electron chi connectivity index (χ4n) is 2.64. The number of ether oxygens (including phenoxy) is 4. The molecule has 0 heterocycles. The van der Waals surface area contributed by atoms with Crippen molar-refractivity contribution in [1.82, 2.24) is 5.32 Å². The van der Waals surface area contributed by atoms with Crippen molar-refractivity contribution < 1.29 is 23.7 Å². The van der Waals surface area contributed by atoms with Crippen LogP contribution < -0.4 is 24.3 Å². The first-order valence-corrected chi connectivity index (χ1v) is 8.73. The Labute approximate surface area is 160 Å². The third kappa shape index (κ3) is 5.06.